The Morgan fingerprint density at radius 3 is 2.36 bits per heavy atom. The predicted molar refractivity (Wildman–Crippen MR) is 99.6 cm³/mol. The number of anilines is 1. The molecule has 1 atom stereocenters. The van der Waals surface area contributed by atoms with Gasteiger partial charge in [0.15, 0.2) is 11.0 Å². The van der Waals surface area contributed by atoms with Crippen LogP contribution in [-0.2, 0) is 18.0 Å². The van der Waals surface area contributed by atoms with Gasteiger partial charge in [-0.2, -0.15) is 13.2 Å². The number of alkyl halides is 3. The van der Waals surface area contributed by atoms with Crippen LogP contribution >= 0.6 is 11.8 Å². The maximum absolute atomic E-state index is 12.6. The number of hydrogen-bond acceptors (Lipinski definition) is 5. The number of halogens is 3. The second-order valence-corrected chi connectivity index (χ2v) is 7.23. The molecule has 0 aliphatic rings. The number of aromatic nitrogens is 4. The lowest BCUT2D eigenvalue weighted by Crippen LogP contribution is -2.23. The molecule has 0 unspecified atom stereocenters. The second kappa shape index (κ2) is 8.01. The molecule has 1 N–H and O–H groups in total. The van der Waals surface area contributed by atoms with Crippen LogP contribution in [-0.4, -0.2) is 30.9 Å². The Hall–Kier alpha value is -2.88. The molecule has 1 amide bonds. The summed E-state index contributed by atoms with van der Waals surface area (Å²) in [6, 6.07) is 7.91. The zero-order valence-corrected chi connectivity index (χ0v) is 15.8. The summed E-state index contributed by atoms with van der Waals surface area (Å²) < 4.78 is 39.6. The molecule has 0 saturated carbocycles. The standard InChI is InChI=1S/C18H16F3N5OS/c1-11(16(27)23-14-5-3-13(4-6-14)18(19,20)21)28-17-25-24-15(26(17)2)12-7-9-22-10-8-12/h3-11H,1-2H3,(H,23,27)/t11-/m1/s1. The smallest absolute Gasteiger partial charge is 0.325 e. The fraction of sp³-hybridized carbons (Fsp3) is 0.222. The number of nitrogens with one attached hydrogen (secondary N) is 1. The van der Waals surface area contributed by atoms with E-state index >= 15 is 0 Å². The Balaban J connectivity index is 1.66. The molecule has 0 aliphatic heterocycles. The van der Waals surface area contributed by atoms with E-state index in [1.54, 1.807) is 43.1 Å². The Kier molecular flexibility index (Phi) is 5.68. The van der Waals surface area contributed by atoms with Crippen molar-refractivity contribution >= 4 is 23.4 Å². The molecule has 3 rings (SSSR count). The average Bonchev–Trinajstić information content (AvgIpc) is 3.02. The number of carbonyl (C=O) groups is 1. The van der Waals surface area contributed by atoms with E-state index < -0.39 is 17.0 Å². The van der Waals surface area contributed by atoms with Crippen molar-refractivity contribution in [2.45, 2.75) is 23.5 Å². The van der Waals surface area contributed by atoms with E-state index in [-0.39, 0.29) is 5.91 Å². The first-order chi connectivity index (χ1) is 13.3. The largest absolute Gasteiger partial charge is 0.416 e. The number of carbonyl (C=O) groups excluding carboxylic acids is 1. The van der Waals surface area contributed by atoms with E-state index in [9.17, 15) is 18.0 Å². The van der Waals surface area contributed by atoms with Gasteiger partial charge in [0, 0.05) is 30.7 Å². The summed E-state index contributed by atoms with van der Waals surface area (Å²) in [6.07, 6.45) is -1.11. The quantitative estimate of drug-likeness (QED) is 0.647. The van der Waals surface area contributed by atoms with Crippen LogP contribution in [0.1, 0.15) is 12.5 Å². The lowest BCUT2D eigenvalue weighted by atomic mass is 10.2. The fourth-order valence-electron chi connectivity index (χ4n) is 2.37. The number of hydrogen-bond donors (Lipinski definition) is 1. The zero-order valence-electron chi connectivity index (χ0n) is 14.9. The molecule has 146 valence electrons. The topological polar surface area (TPSA) is 72.7 Å². The van der Waals surface area contributed by atoms with Crippen molar-refractivity contribution in [3.63, 3.8) is 0 Å². The van der Waals surface area contributed by atoms with Gasteiger partial charge in [-0.25, -0.2) is 0 Å². The zero-order chi connectivity index (χ0) is 20.3. The summed E-state index contributed by atoms with van der Waals surface area (Å²) in [5.41, 5.74) is 0.371. The third-order valence-electron chi connectivity index (χ3n) is 3.90. The van der Waals surface area contributed by atoms with Crippen LogP contribution in [0.5, 0.6) is 0 Å². The molecule has 0 bridgehead atoms. The SMILES string of the molecule is C[C@@H](Sc1nnc(-c2ccncc2)n1C)C(=O)Nc1ccc(C(F)(F)F)cc1. The molecule has 1 aromatic carbocycles. The molecule has 2 aromatic heterocycles. The molecule has 0 spiro atoms. The Labute approximate surface area is 163 Å². The molecule has 2 heterocycles. The van der Waals surface area contributed by atoms with Crippen LogP contribution in [0.2, 0.25) is 0 Å². The van der Waals surface area contributed by atoms with Crippen molar-refractivity contribution in [1.82, 2.24) is 19.7 Å². The first kappa shape index (κ1) is 19.9. The molecule has 0 radical (unpaired) electrons. The molecule has 28 heavy (non-hydrogen) atoms. The number of amides is 1. The highest BCUT2D eigenvalue weighted by Crippen LogP contribution is 2.30. The minimum atomic E-state index is -4.41. The monoisotopic (exact) mass is 407 g/mol. The minimum absolute atomic E-state index is 0.292. The first-order valence-electron chi connectivity index (χ1n) is 8.20. The molecule has 0 aliphatic carbocycles. The summed E-state index contributed by atoms with van der Waals surface area (Å²) in [5, 5.41) is 10.9. The van der Waals surface area contributed by atoms with Crippen LogP contribution in [0.4, 0.5) is 18.9 Å². The number of benzene rings is 1. The van der Waals surface area contributed by atoms with E-state index in [0.29, 0.717) is 16.7 Å². The van der Waals surface area contributed by atoms with Crippen molar-refractivity contribution in [3.05, 3.63) is 54.4 Å². The van der Waals surface area contributed by atoms with E-state index in [4.69, 9.17) is 0 Å². The summed E-state index contributed by atoms with van der Waals surface area (Å²) in [5.74, 6) is 0.290. The molecular formula is C18H16F3N5OS. The van der Waals surface area contributed by atoms with Gasteiger partial charge in [0.2, 0.25) is 5.91 Å². The van der Waals surface area contributed by atoms with E-state index in [1.165, 1.54) is 23.9 Å². The van der Waals surface area contributed by atoms with Gasteiger partial charge in [0.05, 0.1) is 10.8 Å². The highest BCUT2D eigenvalue weighted by atomic mass is 32.2. The average molecular weight is 407 g/mol. The fourth-order valence-corrected chi connectivity index (χ4v) is 3.18. The van der Waals surface area contributed by atoms with E-state index in [1.807, 2.05) is 0 Å². The Bertz CT molecular complexity index is 958. The van der Waals surface area contributed by atoms with Crippen LogP contribution in [0.25, 0.3) is 11.4 Å². The number of rotatable bonds is 5. The van der Waals surface area contributed by atoms with Gasteiger partial charge in [0.25, 0.3) is 0 Å². The van der Waals surface area contributed by atoms with Crippen molar-refractivity contribution in [2.24, 2.45) is 7.05 Å². The van der Waals surface area contributed by atoms with Gasteiger partial charge in [-0.1, -0.05) is 11.8 Å². The van der Waals surface area contributed by atoms with Crippen molar-refractivity contribution in [3.8, 4) is 11.4 Å². The molecule has 10 heteroatoms. The third kappa shape index (κ3) is 4.50. The molecule has 0 fully saturated rings. The lowest BCUT2D eigenvalue weighted by molar-refractivity contribution is -0.137. The number of nitrogens with zero attached hydrogens (tertiary/aromatic N) is 4. The Morgan fingerprint density at radius 2 is 1.75 bits per heavy atom. The van der Waals surface area contributed by atoms with Gasteiger partial charge in [-0.3, -0.25) is 9.78 Å². The maximum atomic E-state index is 12.6. The van der Waals surface area contributed by atoms with Crippen LogP contribution in [0, 0.1) is 0 Å². The van der Waals surface area contributed by atoms with E-state index in [0.717, 1.165) is 17.7 Å². The molecule has 6 nitrogen and oxygen atoms in total. The van der Waals surface area contributed by atoms with Crippen LogP contribution in [0.3, 0.4) is 0 Å². The van der Waals surface area contributed by atoms with Crippen molar-refractivity contribution < 1.29 is 18.0 Å². The molecule has 3 aromatic rings. The minimum Gasteiger partial charge on any atom is -0.325 e. The molecule has 0 saturated heterocycles. The van der Waals surface area contributed by atoms with Gasteiger partial charge >= 0.3 is 6.18 Å². The van der Waals surface area contributed by atoms with Gasteiger partial charge in [-0.15, -0.1) is 10.2 Å². The second-order valence-electron chi connectivity index (χ2n) is 5.93. The number of thioether (sulfide) groups is 1. The summed E-state index contributed by atoms with van der Waals surface area (Å²) in [4.78, 5) is 16.3. The predicted octanol–water partition coefficient (Wildman–Crippen LogP) is 4.02. The third-order valence-corrected chi connectivity index (χ3v) is 5.04. The maximum Gasteiger partial charge on any atom is 0.416 e. The van der Waals surface area contributed by atoms with E-state index in [2.05, 4.69) is 20.5 Å². The summed E-state index contributed by atoms with van der Waals surface area (Å²) in [7, 11) is 1.79. The summed E-state index contributed by atoms with van der Waals surface area (Å²) in [6.45, 7) is 1.69. The van der Waals surface area contributed by atoms with Gasteiger partial charge in [-0.05, 0) is 43.3 Å². The molecular weight excluding hydrogens is 391 g/mol. The normalized spacial score (nSPS) is 12.6. The first-order valence-corrected chi connectivity index (χ1v) is 9.08. The summed E-state index contributed by atoms with van der Waals surface area (Å²) >= 11 is 1.20. The van der Waals surface area contributed by atoms with Crippen molar-refractivity contribution in [2.75, 3.05) is 5.32 Å². The Morgan fingerprint density at radius 1 is 1.11 bits per heavy atom. The lowest BCUT2D eigenvalue weighted by Gasteiger charge is -2.12. The van der Waals surface area contributed by atoms with Crippen LogP contribution < -0.4 is 5.32 Å². The van der Waals surface area contributed by atoms with Crippen molar-refractivity contribution in [1.29, 1.82) is 0 Å². The highest BCUT2D eigenvalue weighted by Gasteiger charge is 2.30. The van der Waals surface area contributed by atoms with Gasteiger partial charge < -0.3 is 9.88 Å². The number of pyridine rings is 1. The van der Waals surface area contributed by atoms with Crippen LogP contribution in [0.15, 0.2) is 53.9 Å². The highest BCUT2D eigenvalue weighted by molar-refractivity contribution is 8.00. The van der Waals surface area contributed by atoms with Gasteiger partial charge in [0.1, 0.15) is 0 Å².